The fraction of sp³-hybridized carbons (Fsp3) is 0.333. The van der Waals surface area contributed by atoms with Gasteiger partial charge in [-0.3, -0.25) is 20.2 Å². The molecule has 0 aromatic heterocycles. The van der Waals surface area contributed by atoms with Crippen molar-refractivity contribution in [2.24, 2.45) is 0 Å². The number of benzene rings is 2. The minimum absolute atomic E-state index is 0.00218. The van der Waals surface area contributed by atoms with Gasteiger partial charge < -0.3 is 0 Å². The number of rotatable bonds is 4. The molecule has 25 heavy (non-hydrogen) atoms. The number of nitrogens with zero attached hydrogens (tertiary/aromatic N) is 2. The summed E-state index contributed by atoms with van der Waals surface area (Å²) < 4.78 is 0. The summed E-state index contributed by atoms with van der Waals surface area (Å²) in [5.41, 5.74) is 2.07. The number of nitro groups is 2. The summed E-state index contributed by atoms with van der Waals surface area (Å²) in [6.45, 7) is 7.90. The van der Waals surface area contributed by atoms with Crippen molar-refractivity contribution in [3.8, 4) is 11.1 Å². The minimum Gasteiger partial charge on any atom is -0.258 e. The van der Waals surface area contributed by atoms with E-state index in [1.54, 1.807) is 6.07 Å². The number of alkyl halides is 1. The SMILES string of the molecule is Cc1cc(C(C)(C)C)cc(-c2c([N+](=O)[O-])cccc2[N+](=O)[O-])c1CCl. The fourth-order valence-corrected chi connectivity index (χ4v) is 3.11. The zero-order valence-electron chi connectivity index (χ0n) is 14.5. The Bertz CT molecular complexity index is 825. The van der Waals surface area contributed by atoms with E-state index in [4.69, 9.17) is 11.6 Å². The first-order valence-corrected chi connectivity index (χ1v) is 8.23. The Hall–Kier alpha value is -2.47. The zero-order chi connectivity index (χ0) is 18.9. The van der Waals surface area contributed by atoms with Crippen molar-refractivity contribution in [1.29, 1.82) is 0 Å². The Labute approximate surface area is 150 Å². The normalized spacial score (nSPS) is 11.4. The maximum Gasteiger partial charge on any atom is 0.284 e. The molecule has 0 heterocycles. The van der Waals surface area contributed by atoms with Crippen LogP contribution < -0.4 is 0 Å². The third kappa shape index (κ3) is 3.64. The van der Waals surface area contributed by atoms with Gasteiger partial charge >= 0.3 is 0 Å². The third-order valence-electron chi connectivity index (χ3n) is 4.16. The van der Waals surface area contributed by atoms with Gasteiger partial charge in [0.15, 0.2) is 0 Å². The quantitative estimate of drug-likeness (QED) is 0.407. The molecule has 0 aliphatic rings. The van der Waals surface area contributed by atoms with E-state index in [9.17, 15) is 20.2 Å². The van der Waals surface area contributed by atoms with Crippen LogP contribution in [-0.2, 0) is 11.3 Å². The van der Waals surface area contributed by atoms with E-state index in [1.165, 1.54) is 18.2 Å². The molecule has 0 aliphatic carbocycles. The summed E-state index contributed by atoms with van der Waals surface area (Å²) in [4.78, 5) is 21.8. The molecule has 0 unspecified atom stereocenters. The molecule has 0 saturated carbocycles. The Kier molecular flexibility index (Phi) is 5.13. The molecule has 0 atom stereocenters. The van der Waals surface area contributed by atoms with Crippen LogP contribution in [0.1, 0.15) is 37.5 Å². The van der Waals surface area contributed by atoms with Crippen LogP contribution in [0.5, 0.6) is 0 Å². The number of nitro benzene ring substituents is 2. The molecule has 6 nitrogen and oxygen atoms in total. The van der Waals surface area contributed by atoms with Crippen molar-refractivity contribution in [3.05, 3.63) is 67.3 Å². The molecule has 0 bridgehead atoms. The highest BCUT2D eigenvalue weighted by Crippen LogP contribution is 2.42. The van der Waals surface area contributed by atoms with Gasteiger partial charge in [-0.1, -0.05) is 26.8 Å². The van der Waals surface area contributed by atoms with E-state index in [0.29, 0.717) is 11.1 Å². The molecule has 0 saturated heterocycles. The lowest BCUT2D eigenvalue weighted by Crippen LogP contribution is -2.12. The molecule has 0 fully saturated rings. The molecule has 7 heteroatoms. The van der Waals surface area contributed by atoms with Crippen molar-refractivity contribution in [3.63, 3.8) is 0 Å². The minimum atomic E-state index is -0.598. The summed E-state index contributed by atoms with van der Waals surface area (Å²) in [6.07, 6.45) is 0. The van der Waals surface area contributed by atoms with Crippen LogP contribution in [0.3, 0.4) is 0 Å². The van der Waals surface area contributed by atoms with Crippen LogP contribution in [0.4, 0.5) is 11.4 Å². The lowest BCUT2D eigenvalue weighted by atomic mass is 9.82. The lowest BCUT2D eigenvalue weighted by Gasteiger charge is -2.23. The van der Waals surface area contributed by atoms with Crippen molar-refractivity contribution in [2.75, 3.05) is 0 Å². The van der Waals surface area contributed by atoms with Gasteiger partial charge in [-0.05, 0) is 41.2 Å². The van der Waals surface area contributed by atoms with Gasteiger partial charge in [0.2, 0.25) is 0 Å². The highest BCUT2D eigenvalue weighted by Gasteiger charge is 2.29. The smallest absolute Gasteiger partial charge is 0.258 e. The number of hydrogen-bond acceptors (Lipinski definition) is 4. The van der Waals surface area contributed by atoms with Gasteiger partial charge in [-0.15, -0.1) is 11.6 Å². The topological polar surface area (TPSA) is 86.3 Å². The monoisotopic (exact) mass is 362 g/mol. The van der Waals surface area contributed by atoms with Crippen molar-refractivity contribution < 1.29 is 9.85 Å². The molecular formula is C18H19ClN2O4. The van der Waals surface area contributed by atoms with Crippen LogP contribution in [0.25, 0.3) is 11.1 Å². The maximum absolute atomic E-state index is 11.5. The third-order valence-corrected chi connectivity index (χ3v) is 4.42. The van der Waals surface area contributed by atoms with E-state index >= 15 is 0 Å². The van der Waals surface area contributed by atoms with Crippen LogP contribution in [0.15, 0.2) is 30.3 Å². The summed E-state index contributed by atoms with van der Waals surface area (Å²) in [7, 11) is 0. The highest BCUT2D eigenvalue weighted by molar-refractivity contribution is 6.17. The zero-order valence-corrected chi connectivity index (χ0v) is 15.3. The maximum atomic E-state index is 11.5. The van der Waals surface area contributed by atoms with E-state index in [2.05, 4.69) is 0 Å². The molecule has 2 aromatic carbocycles. The lowest BCUT2D eigenvalue weighted by molar-refractivity contribution is -0.392. The predicted molar refractivity (Wildman–Crippen MR) is 98.2 cm³/mol. The largest absolute Gasteiger partial charge is 0.284 e. The Morgan fingerprint density at radius 1 is 1.04 bits per heavy atom. The fourth-order valence-electron chi connectivity index (χ4n) is 2.76. The molecule has 2 aromatic rings. The molecular weight excluding hydrogens is 344 g/mol. The molecule has 0 spiro atoms. The number of hydrogen-bond donors (Lipinski definition) is 0. The molecule has 0 radical (unpaired) electrons. The van der Waals surface area contributed by atoms with Crippen LogP contribution >= 0.6 is 11.6 Å². The van der Waals surface area contributed by atoms with Gasteiger partial charge in [0, 0.05) is 23.6 Å². The second kappa shape index (κ2) is 6.80. The first kappa shape index (κ1) is 18.9. The molecule has 0 aliphatic heterocycles. The summed E-state index contributed by atoms with van der Waals surface area (Å²) in [5, 5.41) is 23.0. The van der Waals surface area contributed by atoms with E-state index in [0.717, 1.165) is 11.1 Å². The van der Waals surface area contributed by atoms with Crippen LogP contribution in [0.2, 0.25) is 0 Å². The van der Waals surface area contributed by atoms with Crippen LogP contribution in [0, 0.1) is 27.2 Å². The van der Waals surface area contributed by atoms with Crippen molar-refractivity contribution in [1.82, 2.24) is 0 Å². The highest BCUT2D eigenvalue weighted by atomic mass is 35.5. The Morgan fingerprint density at radius 2 is 1.56 bits per heavy atom. The average molecular weight is 363 g/mol. The second-order valence-corrected chi connectivity index (χ2v) is 7.16. The summed E-state index contributed by atoms with van der Waals surface area (Å²) in [5.74, 6) is 0.106. The average Bonchev–Trinajstić information content (AvgIpc) is 2.52. The number of aryl methyl sites for hydroxylation is 1. The van der Waals surface area contributed by atoms with E-state index < -0.39 is 9.85 Å². The van der Waals surface area contributed by atoms with Gasteiger partial charge in [0.05, 0.1) is 9.85 Å². The number of halogens is 1. The van der Waals surface area contributed by atoms with Crippen molar-refractivity contribution in [2.45, 2.75) is 39.0 Å². The predicted octanol–water partition coefficient (Wildman–Crippen LogP) is 5.51. The molecule has 0 amide bonds. The molecule has 0 N–H and O–H groups in total. The Balaban J connectivity index is 2.97. The first-order chi connectivity index (χ1) is 11.6. The van der Waals surface area contributed by atoms with Crippen molar-refractivity contribution >= 4 is 23.0 Å². The second-order valence-electron chi connectivity index (χ2n) is 6.89. The van der Waals surface area contributed by atoms with E-state index in [1.807, 2.05) is 33.8 Å². The van der Waals surface area contributed by atoms with Crippen LogP contribution in [-0.4, -0.2) is 9.85 Å². The first-order valence-electron chi connectivity index (χ1n) is 7.70. The van der Waals surface area contributed by atoms with E-state index in [-0.39, 0.29) is 28.2 Å². The summed E-state index contributed by atoms with van der Waals surface area (Å²) in [6, 6.07) is 7.63. The molecule has 132 valence electrons. The van der Waals surface area contributed by atoms with Gasteiger partial charge in [0.25, 0.3) is 11.4 Å². The standard InChI is InChI=1S/C18H19ClN2O4/c1-11-8-12(18(2,3)4)9-13(14(11)10-19)17-15(20(22)23)6-5-7-16(17)21(24)25/h5-9H,10H2,1-4H3. The molecule has 2 rings (SSSR count). The summed E-state index contributed by atoms with van der Waals surface area (Å²) >= 11 is 6.08. The van der Waals surface area contributed by atoms with Gasteiger partial charge in [-0.25, -0.2) is 0 Å². The van der Waals surface area contributed by atoms with Gasteiger partial charge in [0.1, 0.15) is 5.56 Å². The van der Waals surface area contributed by atoms with Gasteiger partial charge in [-0.2, -0.15) is 0 Å². The Morgan fingerprint density at radius 3 is 1.96 bits per heavy atom.